The summed E-state index contributed by atoms with van der Waals surface area (Å²) in [5.74, 6) is 0.395. The molecule has 0 saturated heterocycles. The number of hydrogen-bond acceptors (Lipinski definition) is 2. The summed E-state index contributed by atoms with van der Waals surface area (Å²) in [6.07, 6.45) is 1.25. The summed E-state index contributed by atoms with van der Waals surface area (Å²) in [6, 6.07) is 10.1. The first-order chi connectivity index (χ1) is 8.20. The molecule has 0 radical (unpaired) electrons. The Balaban J connectivity index is 0.000000450. The monoisotopic (exact) mass is 234 g/mol. The fourth-order valence-electron chi connectivity index (χ4n) is 1.28. The van der Waals surface area contributed by atoms with Crippen molar-refractivity contribution in [2.75, 3.05) is 0 Å². The zero-order valence-electron chi connectivity index (χ0n) is 11.1. The molecule has 2 nitrogen and oxygen atoms in total. The molecule has 0 aromatic heterocycles. The smallest absolute Gasteiger partial charge is 0.123 e. The van der Waals surface area contributed by atoms with Crippen molar-refractivity contribution in [2.45, 2.75) is 34.1 Å². The molecule has 0 aliphatic rings. The van der Waals surface area contributed by atoms with Gasteiger partial charge in [-0.3, -0.25) is 0 Å². The average molecular weight is 234 g/mol. The second-order valence-electron chi connectivity index (χ2n) is 3.36. The first-order valence-corrected chi connectivity index (χ1v) is 6.10. The summed E-state index contributed by atoms with van der Waals surface area (Å²) < 4.78 is 0. The lowest BCUT2D eigenvalue weighted by Gasteiger charge is -2.01. The van der Waals surface area contributed by atoms with Gasteiger partial charge < -0.3 is 10.2 Å². The molecular weight excluding hydrogens is 212 g/mol. The van der Waals surface area contributed by atoms with Gasteiger partial charge in [-0.15, -0.1) is 0 Å². The highest BCUT2D eigenvalue weighted by molar-refractivity contribution is 5.92. The molecule has 2 aromatic carbocycles. The Kier molecular flexibility index (Phi) is 7.61. The van der Waals surface area contributed by atoms with Gasteiger partial charge in [0.15, 0.2) is 0 Å². The van der Waals surface area contributed by atoms with E-state index in [1.165, 1.54) is 6.42 Å². The maximum Gasteiger partial charge on any atom is 0.123 e. The zero-order valence-corrected chi connectivity index (χ0v) is 11.1. The van der Waals surface area contributed by atoms with E-state index in [9.17, 15) is 10.2 Å². The molecule has 0 aliphatic carbocycles. The third-order valence-corrected chi connectivity index (χ3v) is 1.88. The van der Waals surface area contributed by atoms with Crippen molar-refractivity contribution >= 4 is 10.8 Å². The van der Waals surface area contributed by atoms with Crippen LogP contribution in [0.2, 0.25) is 0 Å². The van der Waals surface area contributed by atoms with Gasteiger partial charge in [0, 0.05) is 10.8 Å². The van der Waals surface area contributed by atoms with Crippen molar-refractivity contribution in [2.24, 2.45) is 0 Å². The van der Waals surface area contributed by atoms with Crippen molar-refractivity contribution < 1.29 is 10.2 Å². The number of benzene rings is 2. The number of phenolic OH excluding ortho intramolecular Hbond substituents is 2. The van der Waals surface area contributed by atoms with E-state index in [1.54, 1.807) is 36.4 Å². The van der Waals surface area contributed by atoms with Crippen LogP contribution in [0.4, 0.5) is 0 Å². The quantitative estimate of drug-likeness (QED) is 0.694. The van der Waals surface area contributed by atoms with Crippen molar-refractivity contribution in [1.82, 2.24) is 0 Å². The van der Waals surface area contributed by atoms with E-state index >= 15 is 0 Å². The molecule has 2 heteroatoms. The van der Waals surface area contributed by atoms with Crippen molar-refractivity contribution in [3.05, 3.63) is 36.4 Å². The summed E-state index contributed by atoms with van der Waals surface area (Å²) in [7, 11) is 0. The van der Waals surface area contributed by atoms with Gasteiger partial charge in [0.25, 0.3) is 0 Å². The molecule has 2 aromatic rings. The highest BCUT2D eigenvalue weighted by Crippen LogP contribution is 2.29. The highest BCUT2D eigenvalue weighted by atomic mass is 16.3. The molecule has 0 bridgehead atoms. The van der Waals surface area contributed by atoms with Crippen molar-refractivity contribution in [1.29, 1.82) is 0 Å². The largest absolute Gasteiger partial charge is 0.507 e. The van der Waals surface area contributed by atoms with Crippen LogP contribution in [0.1, 0.15) is 34.1 Å². The van der Waals surface area contributed by atoms with E-state index < -0.39 is 0 Å². The predicted octanol–water partition coefficient (Wildman–Crippen LogP) is 4.69. The van der Waals surface area contributed by atoms with E-state index in [2.05, 4.69) is 13.8 Å². The lowest BCUT2D eigenvalue weighted by molar-refractivity contribution is 0.475. The Morgan fingerprint density at radius 1 is 0.765 bits per heavy atom. The minimum atomic E-state index is 0.198. The van der Waals surface area contributed by atoms with Gasteiger partial charge in [-0.25, -0.2) is 0 Å². The fourth-order valence-corrected chi connectivity index (χ4v) is 1.28. The van der Waals surface area contributed by atoms with Crippen molar-refractivity contribution in [3.8, 4) is 11.5 Å². The second kappa shape index (κ2) is 8.45. The number of phenols is 2. The van der Waals surface area contributed by atoms with Crippen LogP contribution in [0, 0.1) is 0 Å². The summed E-state index contributed by atoms with van der Waals surface area (Å²) in [6.45, 7) is 8.25. The number of hydrogen-bond donors (Lipinski definition) is 2. The fraction of sp³-hybridized carbons (Fsp3) is 0.333. The van der Waals surface area contributed by atoms with Gasteiger partial charge in [0.2, 0.25) is 0 Å². The standard InChI is InChI=1S/C10H8O2.C3H8.C2H6/c11-9-5-1-3-7-8(9)4-2-6-10(7)12;1-3-2;1-2/h1-6,11-12H;3H2,1-2H3;1-2H3. The molecule has 0 amide bonds. The van der Waals surface area contributed by atoms with Crippen LogP contribution in [0.25, 0.3) is 10.8 Å². The molecule has 0 fully saturated rings. The van der Waals surface area contributed by atoms with E-state index in [0.717, 1.165) is 0 Å². The van der Waals surface area contributed by atoms with E-state index in [4.69, 9.17) is 0 Å². The van der Waals surface area contributed by atoms with Crippen molar-refractivity contribution in [3.63, 3.8) is 0 Å². The van der Waals surface area contributed by atoms with Crippen LogP contribution in [0.3, 0.4) is 0 Å². The third-order valence-electron chi connectivity index (χ3n) is 1.88. The Hall–Kier alpha value is -1.70. The Morgan fingerprint density at radius 2 is 1.06 bits per heavy atom. The Labute approximate surface area is 104 Å². The van der Waals surface area contributed by atoms with Crippen LogP contribution < -0.4 is 0 Å². The molecule has 2 rings (SSSR count). The topological polar surface area (TPSA) is 40.5 Å². The Bertz CT molecular complexity index is 395. The molecule has 0 unspecified atom stereocenters. The summed E-state index contributed by atoms with van der Waals surface area (Å²) in [4.78, 5) is 0. The van der Waals surface area contributed by atoms with E-state index in [0.29, 0.717) is 10.8 Å². The third kappa shape index (κ3) is 4.35. The van der Waals surface area contributed by atoms with Crippen LogP contribution >= 0.6 is 0 Å². The van der Waals surface area contributed by atoms with Crippen LogP contribution in [-0.4, -0.2) is 10.2 Å². The van der Waals surface area contributed by atoms with Crippen LogP contribution in [0.5, 0.6) is 11.5 Å². The molecule has 2 N–H and O–H groups in total. The summed E-state index contributed by atoms with van der Waals surface area (Å²) in [5, 5.41) is 20.1. The van der Waals surface area contributed by atoms with Crippen LogP contribution in [-0.2, 0) is 0 Å². The van der Waals surface area contributed by atoms with Gasteiger partial charge in [0.1, 0.15) is 11.5 Å². The molecule has 0 aliphatic heterocycles. The van der Waals surface area contributed by atoms with Gasteiger partial charge >= 0.3 is 0 Å². The highest BCUT2D eigenvalue weighted by Gasteiger charge is 2.00. The van der Waals surface area contributed by atoms with E-state index in [-0.39, 0.29) is 11.5 Å². The number of rotatable bonds is 0. The second-order valence-corrected chi connectivity index (χ2v) is 3.36. The van der Waals surface area contributed by atoms with Gasteiger partial charge in [-0.05, 0) is 12.1 Å². The van der Waals surface area contributed by atoms with Gasteiger partial charge in [0.05, 0.1) is 0 Å². The average Bonchev–Trinajstić information content (AvgIpc) is 2.34. The Morgan fingerprint density at radius 3 is 1.35 bits per heavy atom. The number of fused-ring (bicyclic) bond motifs is 1. The predicted molar refractivity (Wildman–Crippen MR) is 74.6 cm³/mol. The molecule has 0 spiro atoms. The molecule has 0 saturated carbocycles. The minimum Gasteiger partial charge on any atom is -0.507 e. The molecule has 94 valence electrons. The lowest BCUT2D eigenvalue weighted by Crippen LogP contribution is -1.73. The SMILES string of the molecule is CC.CCC.Oc1cccc2c(O)cccc12. The molecule has 17 heavy (non-hydrogen) atoms. The molecule has 0 heterocycles. The lowest BCUT2D eigenvalue weighted by atomic mass is 10.1. The molecular formula is C15H22O2. The maximum atomic E-state index is 9.38. The van der Waals surface area contributed by atoms with E-state index in [1.807, 2.05) is 13.8 Å². The maximum absolute atomic E-state index is 9.38. The van der Waals surface area contributed by atoms with Crippen LogP contribution in [0.15, 0.2) is 36.4 Å². The molecule has 0 atom stereocenters. The van der Waals surface area contributed by atoms with Gasteiger partial charge in [-0.1, -0.05) is 58.4 Å². The number of aromatic hydroxyl groups is 2. The minimum absolute atomic E-state index is 0.198. The summed E-state index contributed by atoms with van der Waals surface area (Å²) in [5.41, 5.74) is 0. The summed E-state index contributed by atoms with van der Waals surface area (Å²) >= 11 is 0. The first kappa shape index (κ1) is 15.3. The zero-order chi connectivity index (χ0) is 13.3. The van der Waals surface area contributed by atoms with Gasteiger partial charge in [-0.2, -0.15) is 0 Å². The first-order valence-electron chi connectivity index (χ1n) is 6.10. The normalized spacial score (nSPS) is 8.71.